The largest absolute Gasteiger partial charge is 0.359 e. The molecule has 0 saturated carbocycles. The van der Waals surface area contributed by atoms with E-state index in [0.29, 0.717) is 5.69 Å². The van der Waals surface area contributed by atoms with Gasteiger partial charge in [-0.1, -0.05) is 38.5 Å². The summed E-state index contributed by atoms with van der Waals surface area (Å²) in [5.41, 5.74) is 7.32. The molecule has 1 aromatic rings. The SMILES string of the molecule is CCC(C)C(N)C(=O)Nc1ccccc1CC(=O)NC. The van der Waals surface area contributed by atoms with Crippen molar-refractivity contribution in [3.05, 3.63) is 29.8 Å². The van der Waals surface area contributed by atoms with Crippen LogP contribution in [-0.4, -0.2) is 24.9 Å². The summed E-state index contributed by atoms with van der Waals surface area (Å²) in [6.45, 7) is 3.94. The molecule has 4 N–H and O–H groups in total. The Morgan fingerprint density at radius 1 is 1.30 bits per heavy atom. The van der Waals surface area contributed by atoms with E-state index in [9.17, 15) is 9.59 Å². The first kappa shape index (κ1) is 16.2. The van der Waals surface area contributed by atoms with Gasteiger partial charge in [0.15, 0.2) is 0 Å². The first-order chi connectivity index (χ1) is 9.49. The lowest BCUT2D eigenvalue weighted by Crippen LogP contribution is -2.40. The van der Waals surface area contributed by atoms with E-state index in [1.165, 1.54) is 0 Å². The zero-order valence-corrected chi connectivity index (χ0v) is 12.3. The van der Waals surface area contributed by atoms with Gasteiger partial charge in [0.2, 0.25) is 11.8 Å². The molecule has 5 heteroatoms. The summed E-state index contributed by atoms with van der Waals surface area (Å²) in [6, 6.07) is 6.70. The lowest BCUT2D eigenvalue weighted by atomic mass is 9.99. The molecule has 2 amide bonds. The fourth-order valence-electron chi connectivity index (χ4n) is 1.79. The Balaban J connectivity index is 2.82. The molecule has 1 rings (SSSR count). The maximum Gasteiger partial charge on any atom is 0.241 e. The van der Waals surface area contributed by atoms with Crippen LogP contribution >= 0.6 is 0 Å². The van der Waals surface area contributed by atoms with Gasteiger partial charge in [-0.2, -0.15) is 0 Å². The van der Waals surface area contributed by atoms with E-state index in [-0.39, 0.29) is 24.2 Å². The number of anilines is 1. The third-order valence-corrected chi connectivity index (χ3v) is 3.46. The monoisotopic (exact) mass is 277 g/mol. The van der Waals surface area contributed by atoms with E-state index in [1.807, 2.05) is 32.0 Å². The second kappa shape index (κ2) is 7.65. The molecule has 0 heterocycles. The number of hydrogen-bond donors (Lipinski definition) is 3. The molecule has 110 valence electrons. The molecule has 0 aliphatic heterocycles. The number of benzene rings is 1. The smallest absolute Gasteiger partial charge is 0.241 e. The second-order valence-electron chi connectivity index (χ2n) is 4.91. The molecular weight excluding hydrogens is 254 g/mol. The highest BCUT2D eigenvalue weighted by molar-refractivity contribution is 5.96. The Bertz CT molecular complexity index is 474. The van der Waals surface area contributed by atoms with Crippen LogP contribution < -0.4 is 16.4 Å². The normalized spacial score (nSPS) is 13.4. The predicted molar refractivity (Wildman–Crippen MR) is 80.3 cm³/mol. The lowest BCUT2D eigenvalue weighted by molar-refractivity contribution is -0.120. The average molecular weight is 277 g/mol. The van der Waals surface area contributed by atoms with Crippen molar-refractivity contribution in [3.63, 3.8) is 0 Å². The highest BCUT2D eigenvalue weighted by atomic mass is 16.2. The highest BCUT2D eigenvalue weighted by Crippen LogP contribution is 2.17. The summed E-state index contributed by atoms with van der Waals surface area (Å²) in [5, 5.41) is 5.38. The van der Waals surface area contributed by atoms with Crippen molar-refractivity contribution in [2.24, 2.45) is 11.7 Å². The van der Waals surface area contributed by atoms with Gasteiger partial charge < -0.3 is 16.4 Å². The zero-order chi connectivity index (χ0) is 15.1. The molecule has 0 aliphatic carbocycles. The van der Waals surface area contributed by atoms with Crippen LogP contribution in [0.5, 0.6) is 0 Å². The molecule has 5 nitrogen and oxygen atoms in total. The number of carbonyl (C=O) groups is 2. The van der Waals surface area contributed by atoms with Gasteiger partial charge in [-0.15, -0.1) is 0 Å². The first-order valence-electron chi connectivity index (χ1n) is 6.84. The molecule has 2 atom stereocenters. The predicted octanol–water partition coefficient (Wildman–Crippen LogP) is 1.29. The van der Waals surface area contributed by atoms with Gasteiger partial charge in [0.1, 0.15) is 0 Å². The minimum Gasteiger partial charge on any atom is -0.359 e. The van der Waals surface area contributed by atoms with Gasteiger partial charge in [-0.25, -0.2) is 0 Å². The number of amides is 2. The number of para-hydroxylation sites is 1. The maximum absolute atomic E-state index is 12.1. The third-order valence-electron chi connectivity index (χ3n) is 3.46. The molecule has 20 heavy (non-hydrogen) atoms. The minimum atomic E-state index is -0.548. The van der Waals surface area contributed by atoms with E-state index in [2.05, 4.69) is 10.6 Å². The van der Waals surface area contributed by atoms with Gasteiger partial charge in [0, 0.05) is 12.7 Å². The van der Waals surface area contributed by atoms with Crippen LogP contribution in [0.2, 0.25) is 0 Å². The Kier molecular flexibility index (Phi) is 6.18. The Morgan fingerprint density at radius 2 is 1.95 bits per heavy atom. The summed E-state index contributed by atoms with van der Waals surface area (Å²) >= 11 is 0. The van der Waals surface area contributed by atoms with Crippen LogP contribution in [0.3, 0.4) is 0 Å². The quantitative estimate of drug-likeness (QED) is 0.732. The van der Waals surface area contributed by atoms with E-state index < -0.39 is 6.04 Å². The topological polar surface area (TPSA) is 84.2 Å². The first-order valence-corrected chi connectivity index (χ1v) is 6.84. The van der Waals surface area contributed by atoms with Crippen LogP contribution in [-0.2, 0) is 16.0 Å². The molecule has 1 aromatic carbocycles. The molecule has 0 fully saturated rings. The molecule has 0 saturated heterocycles. The number of likely N-dealkylation sites (N-methyl/N-ethyl adjacent to an activating group) is 1. The van der Waals surface area contributed by atoms with Crippen LogP contribution in [0, 0.1) is 5.92 Å². The summed E-state index contributed by atoms with van der Waals surface area (Å²) in [4.78, 5) is 23.5. The van der Waals surface area contributed by atoms with E-state index in [4.69, 9.17) is 5.73 Å². The Labute approximate surface area is 119 Å². The number of rotatable bonds is 6. The molecule has 0 aromatic heterocycles. The summed E-state index contributed by atoms with van der Waals surface area (Å²) in [5.74, 6) is -0.206. The van der Waals surface area contributed by atoms with Crippen molar-refractivity contribution < 1.29 is 9.59 Å². The van der Waals surface area contributed by atoms with E-state index >= 15 is 0 Å². The molecule has 0 spiro atoms. The fourth-order valence-corrected chi connectivity index (χ4v) is 1.79. The fraction of sp³-hybridized carbons (Fsp3) is 0.467. The van der Waals surface area contributed by atoms with Gasteiger partial charge in [0.25, 0.3) is 0 Å². The van der Waals surface area contributed by atoms with Gasteiger partial charge >= 0.3 is 0 Å². The number of carbonyl (C=O) groups excluding carboxylic acids is 2. The highest BCUT2D eigenvalue weighted by Gasteiger charge is 2.20. The molecule has 2 unspecified atom stereocenters. The minimum absolute atomic E-state index is 0.0991. The van der Waals surface area contributed by atoms with Crippen LogP contribution in [0.1, 0.15) is 25.8 Å². The second-order valence-corrected chi connectivity index (χ2v) is 4.91. The molecule has 0 bridgehead atoms. The summed E-state index contributed by atoms with van der Waals surface area (Å²) < 4.78 is 0. The molecule has 0 aliphatic rings. The van der Waals surface area contributed by atoms with Crippen molar-refractivity contribution in [1.82, 2.24) is 5.32 Å². The zero-order valence-electron chi connectivity index (χ0n) is 12.3. The number of nitrogens with two attached hydrogens (primary N) is 1. The van der Waals surface area contributed by atoms with E-state index in [1.54, 1.807) is 13.1 Å². The van der Waals surface area contributed by atoms with Crippen molar-refractivity contribution in [2.75, 3.05) is 12.4 Å². The van der Waals surface area contributed by atoms with Crippen molar-refractivity contribution in [3.8, 4) is 0 Å². The summed E-state index contributed by atoms with van der Waals surface area (Å²) in [7, 11) is 1.59. The Morgan fingerprint density at radius 3 is 2.55 bits per heavy atom. The van der Waals surface area contributed by atoms with Gasteiger partial charge in [-0.05, 0) is 17.5 Å². The molecule has 0 radical (unpaired) electrons. The number of nitrogens with one attached hydrogen (secondary N) is 2. The van der Waals surface area contributed by atoms with Gasteiger partial charge in [-0.3, -0.25) is 9.59 Å². The van der Waals surface area contributed by atoms with Crippen LogP contribution in [0.25, 0.3) is 0 Å². The van der Waals surface area contributed by atoms with E-state index in [0.717, 1.165) is 12.0 Å². The van der Waals surface area contributed by atoms with Crippen LogP contribution in [0.4, 0.5) is 5.69 Å². The molecular formula is C15H23N3O2. The third kappa shape index (κ3) is 4.35. The lowest BCUT2D eigenvalue weighted by Gasteiger charge is -2.19. The maximum atomic E-state index is 12.1. The van der Waals surface area contributed by atoms with Crippen molar-refractivity contribution in [1.29, 1.82) is 0 Å². The van der Waals surface area contributed by atoms with Gasteiger partial charge in [0.05, 0.1) is 12.5 Å². The summed E-state index contributed by atoms with van der Waals surface area (Å²) in [6.07, 6.45) is 1.07. The Hall–Kier alpha value is -1.88. The number of hydrogen-bond acceptors (Lipinski definition) is 3. The van der Waals surface area contributed by atoms with Crippen molar-refractivity contribution in [2.45, 2.75) is 32.7 Å². The average Bonchev–Trinajstić information content (AvgIpc) is 2.47. The van der Waals surface area contributed by atoms with Crippen molar-refractivity contribution >= 4 is 17.5 Å². The van der Waals surface area contributed by atoms with Crippen LogP contribution in [0.15, 0.2) is 24.3 Å². The standard InChI is InChI=1S/C15H23N3O2/c1-4-10(2)14(16)15(20)18-12-8-6-5-7-11(12)9-13(19)17-3/h5-8,10,14H,4,9,16H2,1-3H3,(H,17,19)(H,18,20).